The quantitative estimate of drug-likeness (QED) is 0.881. The number of hydrogen-bond donors (Lipinski definition) is 2. The number of carbonyl (C=O) groups is 1. The first-order valence-electron chi connectivity index (χ1n) is 6.69. The van der Waals surface area contributed by atoms with Gasteiger partial charge in [-0.05, 0) is 55.5 Å². The lowest BCUT2D eigenvalue weighted by molar-refractivity contribution is -0.120. The van der Waals surface area contributed by atoms with Crippen molar-refractivity contribution in [2.24, 2.45) is 0 Å². The molecule has 4 heteroatoms. The van der Waals surface area contributed by atoms with Gasteiger partial charge in [-0.25, -0.2) is 0 Å². The first kappa shape index (κ1) is 14.6. The molecule has 1 unspecified atom stereocenters. The molecule has 0 aliphatic rings. The second kappa shape index (κ2) is 6.57. The van der Waals surface area contributed by atoms with Crippen molar-refractivity contribution in [3.8, 4) is 0 Å². The average molecular weight is 288 g/mol. The summed E-state index contributed by atoms with van der Waals surface area (Å²) in [5, 5.41) is 8.18. The van der Waals surface area contributed by atoms with Gasteiger partial charge >= 0.3 is 0 Å². The van der Waals surface area contributed by atoms with E-state index in [4.69, 9.17) is 0 Å². The Morgan fingerprint density at radius 3 is 2.55 bits per heavy atom. The Morgan fingerprint density at radius 2 is 1.95 bits per heavy atom. The van der Waals surface area contributed by atoms with E-state index in [1.807, 2.05) is 36.6 Å². The summed E-state index contributed by atoms with van der Waals surface area (Å²) < 4.78 is 0. The molecule has 0 bridgehead atoms. The minimum absolute atomic E-state index is 0.00468. The van der Waals surface area contributed by atoms with Gasteiger partial charge in [0.05, 0.1) is 12.6 Å². The number of anilines is 1. The van der Waals surface area contributed by atoms with Gasteiger partial charge in [0.15, 0.2) is 0 Å². The third-order valence-corrected chi connectivity index (χ3v) is 4.08. The smallest absolute Gasteiger partial charge is 0.239 e. The first-order valence-corrected chi connectivity index (χ1v) is 7.57. The molecule has 0 aliphatic heterocycles. The van der Waals surface area contributed by atoms with Crippen molar-refractivity contribution in [3.05, 3.63) is 51.7 Å². The molecule has 0 spiro atoms. The molecule has 106 valence electrons. The fourth-order valence-electron chi connectivity index (χ4n) is 2.16. The van der Waals surface area contributed by atoms with Crippen LogP contribution in [0, 0.1) is 13.8 Å². The number of carbonyl (C=O) groups excluding carboxylic acids is 1. The van der Waals surface area contributed by atoms with E-state index in [1.54, 1.807) is 11.3 Å². The Kier molecular flexibility index (Phi) is 4.79. The van der Waals surface area contributed by atoms with Crippen LogP contribution >= 0.6 is 11.3 Å². The molecule has 1 aromatic heterocycles. The number of benzene rings is 1. The molecule has 0 saturated heterocycles. The number of nitrogens with one attached hydrogen (secondary N) is 2. The molecule has 1 atom stereocenters. The van der Waals surface area contributed by atoms with E-state index in [-0.39, 0.29) is 11.9 Å². The highest BCUT2D eigenvalue weighted by Gasteiger charge is 2.09. The molecule has 1 aromatic carbocycles. The van der Waals surface area contributed by atoms with Crippen molar-refractivity contribution >= 4 is 22.9 Å². The molecule has 0 radical (unpaired) electrons. The Morgan fingerprint density at radius 1 is 1.25 bits per heavy atom. The van der Waals surface area contributed by atoms with Gasteiger partial charge in [0, 0.05) is 10.6 Å². The predicted molar refractivity (Wildman–Crippen MR) is 85.3 cm³/mol. The minimum Gasteiger partial charge on any atom is -0.376 e. The van der Waals surface area contributed by atoms with Crippen LogP contribution in [0.5, 0.6) is 0 Å². The summed E-state index contributed by atoms with van der Waals surface area (Å²) in [6.07, 6.45) is 0. The Balaban J connectivity index is 1.86. The van der Waals surface area contributed by atoms with E-state index in [1.165, 1.54) is 16.0 Å². The summed E-state index contributed by atoms with van der Waals surface area (Å²) in [5.74, 6) is 0.00468. The summed E-state index contributed by atoms with van der Waals surface area (Å²) in [7, 11) is 0. The van der Waals surface area contributed by atoms with Crippen molar-refractivity contribution in [1.82, 2.24) is 5.32 Å². The van der Waals surface area contributed by atoms with Gasteiger partial charge in [-0.15, -0.1) is 11.3 Å². The monoisotopic (exact) mass is 288 g/mol. The van der Waals surface area contributed by atoms with Gasteiger partial charge in [0.1, 0.15) is 0 Å². The van der Waals surface area contributed by atoms with Crippen LogP contribution in [-0.4, -0.2) is 12.5 Å². The van der Waals surface area contributed by atoms with E-state index < -0.39 is 0 Å². The largest absolute Gasteiger partial charge is 0.376 e. The normalized spacial score (nSPS) is 11.9. The highest BCUT2D eigenvalue weighted by atomic mass is 32.1. The van der Waals surface area contributed by atoms with Gasteiger partial charge in [0.25, 0.3) is 0 Å². The summed E-state index contributed by atoms with van der Waals surface area (Å²) in [6, 6.07) is 10.3. The van der Waals surface area contributed by atoms with E-state index in [2.05, 4.69) is 30.5 Å². The molecule has 0 fully saturated rings. The standard InChI is InChI=1S/C16H20N2OS/c1-11-7-12(2)9-14(8-11)17-10-16(19)18-13(3)15-5-4-6-20-15/h4-9,13,17H,10H2,1-3H3,(H,18,19). The lowest BCUT2D eigenvalue weighted by Crippen LogP contribution is -2.31. The van der Waals surface area contributed by atoms with E-state index >= 15 is 0 Å². The molecule has 2 aromatic rings. The first-order chi connectivity index (χ1) is 9.54. The van der Waals surface area contributed by atoms with Crippen molar-refractivity contribution in [3.63, 3.8) is 0 Å². The third kappa shape index (κ3) is 4.10. The molecule has 20 heavy (non-hydrogen) atoms. The fourth-order valence-corrected chi connectivity index (χ4v) is 2.89. The van der Waals surface area contributed by atoms with Crippen LogP contribution in [-0.2, 0) is 4.79 Å². The molecule has 2 rings (SSSR count). The van der Waals surface area contributed by atoms with Gasteiger partial charge < -0.3 is 10.6 Å². The van der Waals surface area contributed by atoms with Crippen LogP contribution in [0.4, 0.5) is 5.69 Å². The van der Waals surface area contributed by atoms with Crippen LogP contribution in [0.3, 0.4) is 0 Å². The maximum absolute atomic E-state index is 11.9. The number of rotatable bonds is 5. The Labute approximate surface area is 124 Å². The zero-order valence-electron chi connectivity index (χ0n) is 12.1. The number of amides is 1. The van der Waals surface area contributed by atoms with Crippen molar-refractivity contribution in [2.45, 2.75) is 26.8 Å². The van der Waals surface area contributed by atoms with Crippen molar-refractivity contribution in [2.75, 3.05) is 11.9 Å². The van der Waals surface area contributed by atoms with Crippen LogP contribution in [0.2, 0.25) is 0 Å². The molecule has 0 aliphatic carbocycles. The number of aryl methyl sites for hydroxylation is 2. The van der Waals surface area contributed by atoms with Crippen LogP contribution in [0.15, 0.2) is 35.7 Å². The van der Waals surface area contributed by atoms with Gasteiger partial charge in [0.2, 0.25) is 5.91 Å². The lowest BCUT2D eigenvalue weighted by atomic mass is 10.1. The zero-order valence-corrected chi connectivity index (χ0v) is 12.9. The van der Waals surface area contributed by atoms with Crippen molar-refractivity contribution < 1.29 is 4.79 Å². The topological polar surface area (TPSA) is 41.1 Å². The van der Waals surface area contributed by atoms with E-state index in [0.717, 1.165) is 5.69 Å². The summed E-state index contributed by atoms with van der Waals surface area (Å²) in [5.41, 5.74) is 3.38. The molecular formula is C16H20N2OS. The number of hydrogen-bond acceptors (Lipinski definition) is 3. The summed E-state index contributed by atoms with van der Waals surface area (Å²) in [4.78, 5) is 13.1. The van der Waals surface area contributed by atoms with Crippen LogP contribution in [0.1, 0.15) is 29.0 Å². The molecular weight excluding hydrogens is 268 g/mol. The Bertz CT molecular complexity index is 558. The maximum Gasteiger partial charge on any atom is 0.239 e. The molecule has 0 saturated carbocycles. The average Bonchev–Trinajstić information content (AvgIpc) is 2.89. The fraction of sp³-hybridized carbons (Fsp3) is 0.312. The lowest BCUT2D eigenvalue weighted by Gasteiger charge is -2.13. The zero-order chi connectivity index (χ0) is 14.5. The van der Waals surface area contributed by atoms with Gasteiger partial charge in [-0.1, -0.05) is 12.1 Å². The summed E-state index contributed by atoms with van der Waals surface area (Å²) >= 11 is 1.66. The molecule has 1 heterocycles. The van der Waals surface area contributed by atoms with Crippen LogP contribution in [0.25, 0.3) is 0 Å². The molecule has 1 amide bonds. The summed E-state index contributed by atoms with van der Waals surface area (Å²) in [6.45, 7) is 6.40. The Hall–Kier alpha value is -1.81. The highest BCUT2D eigenvalue weighted by Crippen LogP contribution is 2.18. The second-order valence-electron chi connectivity index (χ2n) is 5.03. The van der Waals surface area contributed by atoms with Gasteiger partial charge in [-0.2, -0.15) is 0 Å². The van der Waals surface area contributed by atoms with E-state index in [0.29, 0.717) is 6.54 Å². The van der Waals surface area contributed by atoms with Gasteiger partial charge in [-0.3, -0.25) is 4.79 Å². The SMILES string of the molecule is Cc1cc(C)cc(NCC(=O)NC(C)c2cccs2)c1. The predicted octanol–water partition coefficient (Wildman–Crippen LogP) is 3.65. The van der Waals surface area contributed by atoms with Crippen LogP contribution < -0.4 is 10.6 Å². The third-order valence-electron chi connectivity index (χ3n) is 3.02. The second-order valence-corrected chi connectivity index (χ2v) is 6.01. The molecule has 2 N–H and O–H groups in total. The minimum atomic E-state index is 0.00468. The molecule has 3 nitrogen and oxygen atoms in total. The maximum atomic E-state index is 11.9. The van der Waals surface area contributed by atoms with Crippen molar-refractivity contribution in [1.29, 1.82) is 0 Å². The van der Waals surface area contributed by atoms with E-state index in [9.17, 15) is 4.79 Å². The highest BCUT2D eigenvalue weighted by molar-refractivity contribution is 7.10. The number of thiophene rings is 1.